The van der Waals surface area contributed by atoms with E-state index in [0.29, 0.717) is 37.0 Å². The van der Waals surface area contributed by atoms with E-state index in [-0.39, 0.29) is 36.9 Å². The molecule has 5 rings (SSSR count). The number of fused-ring (bicyclic) bond motifs is 1. The van der Waals surface area contributed by atoms with Gasteiger partial charge in [0, 0.05) is 17.2 Å². The first kappa shape index (κ1) is 44.6. The van der Waals surface area contributed by atoms with Crippen molar-refractivity contribution in [3.05, 3.63) is 30.5 Å². The number of amides is 4. The summed E-state index contributed by atoms with van der Waals surface area (Å²) in [5, 5.41) is 5.02. The Morgan fingerprint density at radius 2 is 1.72 bits per heavy atom. The van der Waals surface area contributed by atoms with Gasteiger partial charge in [0.2, 0.25) is 27.7 Å². The number of nitrogens with zero attached hydrogens (tertiary/aromatic N) is 2. The number of benzene rings is 1. The Balaban J connectivity index is 1.46. The minimum Gasteiger partial charge on any atom is -0.485 e. The number of pyridine rings is 1. The molecule has 0 spiro atoms. The number of likely N-dealkylation sites (tertiary alicyclic amines) is 1. The van der Waals surface area contributed by atoms with Crippen LogP contribution in [0.4, 0.5) is 26.7 Å². The van der Waals surface area contributed by atoms with Crippen molar-refractivity contribution in [3.8, 4) is 11.6 Å². The SMILES string of the molecule is CCCC(C)CC(C)C(NC(=O)OC(C)C(F)(F)F)C(=O)N1CC(Oc2ncc(OCC(F)F)c3ccccc23)CC1C(=O)NC1(C(=O)NS(=O)(=O)C2CC2)CC1C. The predicted octanol–water partition coefficient (Wildman–Crippen LogP) is 5.24. The number of rotatable bonds is 18. The molecule has 1 saturated heterocycles. The number of alkyl carbamates (subject to hydrolysis) is 1. The van der Waals surface area contributed by atoms with E-state index in [1.165, 1.54) is 6.20 Å². The van der Waals surface area contributed by atoms with Crippen LogP contribution < -0.4 is 24.8 Å². The van der Waals surface area contributed by atoms with Gasteiger partial charge in [-0.1, -0.05) is 58.7 Å². The van der Waals surface area contributed by atoms with Crippen LogP contribution in [0.3, 0.4) is 0 Å². The van der Waals surface area contributed by atoms with E-state index in [4.69, 9.17) is 9.47 Å². The van der Waals surface area contributed by atoms with Crippen molar-refractivity contribution >= 4 is 44.6 Å². The lowest BCUT2D eigenvalue weighted by Crippen LogP contribution is -2.59. The van der Waals surface area contributed by atoms with Crippen molar-refractivity contribution in [1.82, 2.24) is 25.2 Å². The van der Waals surface area contributed by atoms with Crippen molar-refractivity contribution in [2.24, 2.45) is 17.8 Å². The number of carbonyl (C=O) groups is 4. The predicted molar refractivity (Wildman–Crippen MR) is 199 cm³/mol. The lowest BCUT2D eigenvalue weighted by Gasteiger charge is -2.33. The summed E-state index contributed by atoms with van der Waals surface area (Å²) >= 11 is 0. The molecule has 14 nitrogen and oxygen atoms in total. The number of hydrogen-bond donors (Lipinski definition) is 3. The van der Waals surface area contributed by atoms with Crippen LogP contribution >= 0.6 is 0 Å². The fourth-order valence-electron chi connectivity index (χ4n) is 7.39. The number of hydrogen-bond acceptors (Lipinski definition) is 10. The summed E-state index contributed by atoms with van der Waals surface area (Å²) in [6, 6.07) is 3.64. The Labute approximate surface area is 333 Å². The zero-order valence-electron chi connectivity index (χ0n) is 32.8. The highest BCUT2D eigenvalue weighted by molar-refractivity contribution is 7.91. The van der Waals surface area contributed by atoms with Gasteiger partial charge in [-0.25, -0.2) is 27.0 Å². The van der Waals surface area contributed by atoms with E-state index in [1.807, 2.05) is 13.8 Å². The van der Waals surface area contributed by atoms with E-state index in [2.05, 4.69) is 25.1 Å². The largest absolute Gasteiger partial charge is 0.485 e. The van der Waals surface area contributed by atoms with E-state index >= 15 is 0 Å². The number of carbonyl (C=O) groups excluding carboxylic acids is 4. The molecule has 3 N–H and O–H groups in total. The summed E-state index contributed by atoms with van der Waals surface area (Å²) in [4.78, 5) is 60.6. The fraction of sp³-hybridized carbons (Fsp3) is 0.658. The molecule has 3 aliphatic rings. The van der Waals surface area contributed by atoms with Crippen molar-refractivity contribution < 1.29 is 63.8 Å². The van der Waals surface area contributed by atoms with E-state index < -0.39 is 100.0 Å². The molecular formula is C38H50F5N5O9S. The first-order chi connectivity index (χ1) is 27.2. The molecular weight excluding hydrogens is 798 g/mol. The van der Waals surface area contributed by atoms with Crippen LogP contribution in [0.5, 0.6) is 11.6 Å². The monoisotopic (exact) mass is 847 g/mol. The Bertz CT molecular complexity index is 1950. The second kappa shape index (κ2) is 17.8. The Kier molecular flexibility index (Phi) is 13.7. The van der Waals surface area contributed by atoms with Crippen LogP contribution in [-0.2, 0) is 29.1 Å². The van der Waals surface area contributed by atoms with Gasteiger partial charge in [-0.2, -0.15) is 13.2 Å². The Morgan fingerprint density at radius 1 is 1.07 bits per heavy atom. The highest BCUT2D eigenvalue weighted by atomic mass is 32.2. The third kappa shape index (κ3) is 10.6. The lowest BCUT2D eigenvalue weighted by molar-refractivity contribution is -0.197. The molecule has 1 aromatic carbocycles. The quantitative estimate of drug-likeness (QED) is 0.168. The van der Waals surface area contributed by atoms with Gasteiger partial charge in [0.15, 0.2) is 6.10 Å². The molecule has 1 aliphatic heterocycles. The van der Waals surface area contributed by atoms with Gasteiger partial charge < -0.3 is 29.7 Å². The number of alkyl halides is 5. The van der Waals surface area contributed by atoms with Gasteiger partial charge in [0.1, 0.15) is 36.1 Å². The molecule has 2 heterocycles. The Morgan fingerprint density at radius 3 is 2.31 bits per heavy atom. The fourth-order valence-corrected chi connectivity index (χ4v) is 8.75. The zero-order valence-corrected chi connectivity index (χ0v) is 33.6. The average Bonchev–Trinajstić information content (AvgIpc) is 4.06. The first-order valence-electron chi connectivity index (χ1n) is 19.3. The lowest BCUT2D eigenvalue weighted by atomic mass is 9.88. The maximum absolute atomic E-state index is 14.6. The molecule has 58 heavy (non-hydrogen) atoms. The molecule has 8 unspecified atom stereocenters. The standard InChI is InChI=1S/C38H50F5N5O9S/c1-6-9-20(2)14-21(3)31(45-36(52)56-23(5)38(41,42)43)34(50)48-18-24(57-33-27-11-8-7-10-26(27)29(17-44-33)55-19-30(39)40)15-28(48)32(49)46-37(16-22(37)4)35(51)47-58(53,54)25-12-13-25/h7-8,10-11,17,20-25,28,30-31H,6,9,12-16,18-19H2,1-5H3,(H,45,52)(H,46,49)(H,47,51). The van der Waals surface area contributed by atoms with Gasteiger partial charge in [-0.3, -0.25) is 19.1 Å². The summed E-state index contributed by atoms with van der Waals surface area (Å²) < 4.78 is 109. The van der Waals surface area contributed by atoms with Gasteiger partial charge >= 0.3 is 12.3 Å². The van der Waals surface area contributed by atoms with Crippen LogP contribution in [0.2, 0.25) is 0 Å². The number of halogens is 5. The summed E-state index contributed by atoms with van der Waals surface area (Å²) in [7, 11) is -3.98. The summed E-state index contributed by atoms with van der Waals surface area (Å²) in [5.41, 5.74) is -1.61. The molecule has 0 radical (unpaired) electrons. The minimum atomic E-state index is -4.88. The third-order valence-electron chi connectivity index (χ3n) is 10.9. The van der Waals surface area contributed by atoms with Crippen molar-refractivity contribution in [2.45, 2.75) is 127 Å². The van der Waals surface area contributed by atoms with E-state index in [1.54, 1.807) is 38.1 Å². The highest BCUT2D eigenvalue weighted by Gasteiger charge is 2.61. The summed E-state index contributed by atoms with van der Waals surface area (Å²) in [5.74, 6) is -3.66. The van der Waals surface area contributed by atoms with Gasteiger partial charge in [-0.15, -0.1) is 0 Å². The molecule has 2 saturated carbocycles. The minimum absolute atomic E-state index is 0.0107. The van der Waals surface area contributed by atoms with Crippen LogP contribution in [0.1, 0.15) is 79.6 Å². The number of sulfonamides is 1. The summed E-state index contributed by atoms with van der Waals surface area (Å²) in [6.07, 6.45) is -8.84. The number of nitrogens with one attached hydrogen (secondary N) is 3. The second-order valence-electron chi connectivity index (χ2n) is 15.7. The van der Waals surface area contributed by atoms with Gasteiger partial charge in [-0.05, 0) is 56.4 Å². The molecule has 8 atom stereocenters. The molecule has 322 valence electrons. The van der Waals surface area contributed by atoms with E-state index in [0.717, 1.165) is 17.7 Å². The van der Waals surface area contributed by atoms with Crippen molar-refractivity contribution in [1.29, 1.82) is 0 Å². The van der Waals surface area contributed by atoms with Gasteiger partial charge in [0.05, 0.1) is 18.0 Å². The van der Waals surface area contributed by atoms with Crippen LogP contribution in [0.15, 0.2) is 30.5 Å². The van der Waals surface area contributed by atoms with E-state index in [9.17, 15) is 49.5 Å². The maximum Gasteiger partial charge on any atom is 0.425 e. The second-order valence-corrected chi connectivity index (χ2v) is 17.7. The molecule has 3 fully saturated rings. The number of aromatic nitrogens is 1. The van der Waals surface area contributed by atoms with Crippen molar-refractivity contribution in [2.75, 3.05) is 13.2 Å². The maximum atomic E-state index is 14.6. The first-order valence-corrected chi connectivity index (χ1v) is 20.9. The molecule has 2 aromatic rings. The van der Waals surface area contributed by atoms with Crippen LogP contribution in [0.25, 0.3) is 10.8 Å². The normalized spacial score (nSPS) is 24.1. The Hall–Kier alpha value is -4.49. The van der Waals surface area contributed by atoms with Crippen LogP contribution in [-0.4, -0.2) is 103 Å². The third-order valence-corrected chi connectivity index (χ3v) is 12.7. The van der Waals surface area contributed by atoms with Crippen molar-refractivity contribution in [3.63, 3.8) is 0 Å². The molecule has 2 aliphatic carbocycles. The molecule has 4 amide bonds. The highest BCUT2D eigenvalue weighted by Crippen LogP contribution is 2.44. The zero-order chi connectivity index (χ0) is 42.7. The summed E-state index contributed by atoms with van der Waals surface area (Å²) in [6.45, 7) is 6.62. The smallest absolute Gasteiger partial charge is 0.425 e. The molecule has 0 bridgehead atoms. The molecule has 1 aromatic heterocycles. The van der Waals surface area contributed by atoms with Gasteiger partial charge in [0.25, 0.3) is 12.3 Å². The van der Waals surface area contributed by atoms with Crippen LogP contribution in [0, 0.1) is 17.8 Å². The molecule has 20 heteroatoms. The average molecular weight is 848 g/mol. The number of ether oxygens (including phenoxy) is 3. The topological polar surface area (TPSA) is 182 Å².